The Bertz CT molecular complexity index is 1780. The van der Waals surface area contributed by atoms with Crippen molar-refractivity contribution in [1.82, 2.24) is 10.6 Å². The summed E-state index contributed by atoms with van der Waals surface area (Å²) >= 11 is 1.41. The molecule has 24 nitrogen and oxygen atoms in total. The Morgan fingerprint density at radius 2 is 0.851 bits per heavy atom. The summed E-state index contributed by atoms with van der Waals surface area (Å²) in [6, 6.07) is -4.21. The number of allylic oxidation sites excluding steroid dienone is 4. The van der Waals surface area contributed by atoms with Gasteiger partial charge in [-0.2, -0.15) is 0 Å². The molecule has 0 aromatic carbocycles. The third-order valence-electron chi connectivity index (χ3n) is 9.37. The van der Waals surface area contributed by atoms with Crippen molar-refractivity contribution in [2.45, 2.75) is 155 Å². The smallest absolute Gasteiger partial charge is 0.320 e. The van der Waals surface area contributed by atoms with Crippen molar-refractivity contribution in [2.75, 3.05) is 25.4 Å². The van der Waals surface area contributed by atoms with Crippen LogP contribution in [0.5, 0.6) is 0 Å². The Hall–Kier alpha value is -6.38. The summed E-state index contributed by atoms with van der Waals surface area (Å²) in [4.78, 5) is 118. The number of carboxylic acids is 5. The second kappa shape index (κ2) is 46.4. The molecule has 0 aliphatic heterocycles. The van der Waals surface area contributed by atoms with Crippen molar-refractivity contribution in [3.63, 3.8) is 0 Å². The maximum atomic E-state index is 11.1. The normalized spacial score (nSPS) is 11.9. The molecule has 0 aliphatic rings. The third kappa shape index (κ3) is 49.2. The molecule has 5 unspecified atom stereocenters. The summed E-state index contributed by atoms with van der Waals surface area (Å²) in [5.41, 5.74) is 27.4. The number of carboxylic acid groups (broad SMARTS) is 5. The lowest BCUT2D eigenvalue weighted by molar-refractivity contribution is -0.139. The van der Waals surface area contributed by atoms with E-state index in [-0.39, 0.29) is 47.4 Å². The molecule has 422 valence electrons. The van der Waals surface area contributed by atoms with Crippen molar-refractivity contribution in [1.29, 1.82) is 0 Å². The SMILES string of the molecule is C=C(C)C(=O)C(=O)CCCC(N)C(=O)O.C=C(C)C(=O)NCCCC(N)C(=O)O.C=C(NCCCCC(N)C(=O)O)C(C)=O.C=C(OCCCCC(N)C(=O)O)C(C)=O.C=C(SCCCCC(N)C(=O)O)C(C)=O. The molecule has 0 rings (SSSR count). The number of ether oxygens (including phenoxy) is 1. The van der Waals surface area contributed by atoms with Gasteiger partial charge in [-0.05, 0) is 109 Å². The van der Waals surface area contributed by atoms with Gasteiger partial charge in [-0.1, -0.05) is 39.3 Å². The van der Waals surface area contributed by atoms with Gasteiger partial charge in [0.2, 0.25) is 17.5 Å². The Balaban J connectivity index is -0.000000268. The van der Waals surface area contributed by atoms with Gasteiger partial charge in [0.25, 0.3) is 0 Å². The van der Waals surface area contributed by atoms with Gasteiger partial charge in [0.1, 0.15) is 30.2 Å². The first-order valence-electron chi connectivity index (χ1n) is 23.3. The van der Waals surface area contributed by atoms with Gasteiger partial charge in [-0.25, -0.2) is 0 Å². The molecule has 0 spiro atoms. The lowest BCUT2D eigenvalue weighted by Gasteiger charge is -2.07. The highest BCUT2D eigenvalue weighted by molar-refractivity contribution is 8.03. The molecule has 0 saturated carbocycles. The standard InChI is InChI=1S/C10H18N2O3.C10H17NO4.C10H15NO4.C10H17NO3S.C9H16N2O3/c1-7(8(2)13)12-6-4-3-5-9(11)10(14)15;1-7(12)8(2)15-6-4-3-5-9(11)10(13)14;1-6(2)9(13)8(12)5-3-4-7(11)10(14)15;1-7(12)8(2)15-6-4-3-5-9(11)10(13)14;1-6(2)8(12)11-5-3-4-7(10)9(13)14/h9,12H,1,3-6,11H2,2H3,(H,14,15);9H,2-6,11H2,1H3,(H,13,14);7H,1,3-5,11H2,2H3,(H,14,15);9H,2-6,11H2,1H3,(H,13,14);7H,1,3-5,10H2,2H3,(H,11,12)(H,13,14). The first-order chi connectivity index (χ1) is 34.1. The highest BCUT2D eigenvalue weighted by Gasteiger charge is 2.17. The van der Waals surface area contributed by atoms with E-state index in [2.05, 4.69) is 43.5 Å². The molecule has 0 bridgehead atoms. The molecule has 5 atom stereocenters. The van der Waals surface area contributed by atoms with Crippen LogP contribution in [0.3, 0.4) is 0 Å². The fourth-order valence-electron chi connectivity index (χ4n) is 4.51. The average Bonchev–Trinajstić information content (AvgIpc) is 3.31. The Morgan fingerprint density at radius 1 is 0.473 bits per heavy atom. The highest BCUT2D eigenvalue weighted by Crippen LogP contribution is 2.16. The van der Waals surface area contributed by atoms with Gasteiger partial charge in [-0.3, -0.25) is 52.7 Å². The van der Waals surface area contributed by atoms with Crippen LogP contribution >= 0.6 is 11.8 Å². The maximum Gasteiger partial charge on any atom is 0.320 e. The number of carbonyl (C=O) groups is 11. The van der Waals surface area contributed by atoms with Crippen LogP contribution in [-0.2, 0) is 57.5 Å². The quantitative estimate of drug-likeness (QED) is 0.0184. The van der Waals surface area contributed by atoms with Gasteiger partial charge in [0.05, 0.1) is 12.3 Å². The average molecular weight is 1070 g/mol. The minimum Gasteiger partial charge on any atom is -0.491 e. The van der Waals surface area contributed by atoms with Crippen LogP contribution in [0, 0.1) is 0 Å². The number of rotatable bonds is 37. The lowest BCUT2D eigenvalue weighted by Crippen LogP contribution is -2.32. The van der Waals surface area contributed by atoms with Gasteiger partial charge < -0.3 is 69.6 Å². The van der Waals surface area contributed by atoms with Gasteiger partial charge in [0.15, 0.2) is 23.1 Å². The van der Waals surface area contributed by atoms with Crippen molar-refractivity contribution in [3.05, 3.63) is 60.4 Å². The van der Waals surface area contributed by atoms with E-state index in [9.17, 15) is 52.7 Å². The second-order valence-corrected chi connectivity index (χ2v) is 17.6. The number of aliphatic carboxylic acids is 5. The summed E-state index contributed by atoms with van der Waals surface area (Å²) in [7, 11) is 0. The summed E-state index contributed by atoms with van der Waals surface area (Å²) in [5, 5.41) is 47.8. The minimum absolute atomic E-state index is 0.0118. The van der Waals surface area contributed by atoms with E-state index in [0.717, 1.165) is 25.0 Å². The van der Waals surface area contributed by atoms with Crippen molar-refractivity contribution in [2.24, 2.45) is 28.7 Å². The van der Waals surface area contributed by atoms with Crippen molar-refractivity contribution < 1.29 is 83.0 Å². The molecule has 74 heavy (non-hydrogen) atoms. The molecule has 0 aliphatic carbocycles. The van der Waals surface area contributed by atoms with Crippen LogP contribution in [-0.4, -0.2) is 146 Å². The van der Waals surface area contributed by atoms with E-state index in [1.54, 1.807) is 6.92 Å². The van der Waals surface area contributed by atoms with E-state index in [0.29, 0.717) is 93.7 Å². The van der Waals surface area contributed by atoms with Crippen LogP contribution in [0.1, 0.15) is 125 Å². The Morgan fingerprint density at radius 3 is 1.22 bits per heavy atom. The van der Waals surface area contributed by atoms with Crippen LogP contribution in [0.25, 0.3) is 0 Å². The van der Waals surface area contributed by atoms with Crippen molar-refractivity contribution in [3.8, 4) is 0 Å². The van der Waals surface area contributed by atoms with E-state index in [1.165, 1.54) is 39.5 Å². The van der Waals surface area contributed by atoms with Crippen LogP contribution in [0.15, 0.2) is 60.4 Å². The molecule has 0 saturated heterocycles. The molecule has 0 radical (unpaired) electrons. The zero-order valence-corrected chi connectivity index (χ0v) is 44.4. The van der Waals surface area contributed by atoms with Crippen LogP contribution in [0.4, 0.5) is 0 Å². The number of Topliss-reactive ketones (excluding diaryl/α,β-unsaturated/α-hetero) is 5. The first-order valence-corrected chi connectivity index (χ1v) is 24.3. The zero-order chi connectivity index (χ0) is 58.7. The van der Waals surface area contributed by atoms with Crippen LogP contribution < -0.4 is 39.3 Å². The number of amides is 1. The largest absolute Gasteiger partial charge is 0.491 e. The fraction of sp³-hybridized carbons (Fsp3) is 0.571. The third-order valence-corrected chi connectivity index (χ3v) is 10.5. The molecular formula is C49H83N7O17S. The molecule has 1 amide bonds. The monoisotopic (exact) mass is 1070 g/mol. The van der Waals surface area contributed by atoms with E-state index in [1.807, 2.05) is 0 Å². The summed E-state index contributed by atoms with van der Waals surface area (Å²) in [5.74, 6) is -5.78. The summed E-state index contributed by atoms with van der Waals surface area (Å²) < 4.78 is 5.01. The van der Waals surface area contributed by atoms with E-state index < -0.39 is 71.6 Å². The van der Waals surface area contributed by atoms with Crippen LogP contribution in [0.2, 0.25) is 0 Å². The Kier molecular flexibility index (Phi) is 48.0. The zero-order valence-electron chi connectivity index (χ0n) is 43.6. The second-order valence-electron chi connectivity index (χ2n) is 16.4. The molecule has 0 fully saturated rings. The number of nitrogens with one attached hydrogen (secondary N) is 2. The van der Waals surface area contributed by atoms with Crippen molar-refractivity contribution >= 4 is 76.4 Å². The molecular weight excluding hydrogens is 991 g/mol. The van der Waals surface area contributed by atoms with E-state index >= 15 is 0 Å². The number of ketones is 5. The molecule has 17 N–H and O–H groups in total. The van der Waals surface area contributed by atoms with Gasteiger partial charge >= 0.3 is 29.8 Å². The number of nitrogens with two attached hydrogens (primary N) is 5. The number of carbonyl (C=O) groups excluding carboxylic acids is 6. The summed E-state index contributed by atoms with van der Waals surface area (Å²) in [6.45, 7) is 26.2. The summed E-state index contributed by atoms with van der Waals surface area (Å²) in [6.07, 6.45) is 7.13. The number of unbranched alkanes of at least 4 members (excludes halogenated alkanes) is 3. The molecule has 25 heteroatoms. The van der Waals surface area contributed by atoms with Gasteiger partial charge in [-0.15, -0.1) is 11.8 Å². The van der Waals surface area contributed by atoms with E-state index in [4.69, 9.17) is 58.9 Å². The number of hydrogen-bond acceptors (Lipinski definition) is 19. The van der Waals surface area contributed by atoms with Gasteiger partial charge in [0, 0.05) is 43.8 Å². The fourth-order valence-corrected chi connectivity index (χ4v) is 5.30. The minimum atomic E-state index is -1.10. The molecule has 0 heterocycles. The number of thioether (sulfide) groups is 1. The number of hydrogen-bond donors (Lipinski definition) is 12. The predicted octanol–water partition coefficient (Wildman–Crippen LogP) is 2.51. The Labute approximate surface area is 438 Å². The maximum absolute atomic E-state index is 11.1. The highest BCUT2D eigenvalue weighted by atomic mass is 32.2. The molecule has 0 aromatic rings. The molecule has 0 aromatic heterocycles. The predicted molar refractivity (Wildman–Crippen MR) is 281 cm³/mol. The first kappa shape index (κ1) is 76.5. The topological polar surface area (TPSA) is 452 Å². The lowest BCUT2D eigenvalue weighted by atomic mass is 10.0.